The van der Waals surface area contributed by atoms with E-state index in [4.69, 9.17) is 9.47 Å². The van der Waals surface area contributed by atoms with Gasteiger partial charge >= 0.3 is 0 Å². The topological polar surface area (TPSA) is 108 Å². The molecule has 41 heavy (non-hydrogen) atoms. The van der Waals surface area contributed by atoms with Crippen LogP contribution in [-0.4, -0.2) is 95.6 Å². The summed E-state index contributed by atoms with van der Waals surface area (Å²) in [6.45, 7) is 8.10. The fourth-order valence-electron chi connectivity index (χ4n) is 6.34. The SMILES string of the molecule is CCCCOc1cc2c(cc1OCCCC)[C@@H]1C[C@H]3[C@H](CCCN3S(=O)(=O)CCCNS(=O)(=O)N(C)C)CN1CC2. The fraction of sp³-hybridized carbons (Fsp3) is 0.793. The smallest absolute Gasteiger partial charge is 0.278 e. The highest BCUT2D eigenvalue weighted by molar-refractivity contribution is 7.89. The van der Waals surface area contributed by atoms with Gasteiger partial charge in [0.1, 0.15) is 0 Å². The van der Waals surface area contributed by atoms with Crippen molar-refractivity contribution in [3.8, 4) is 11.5 Å². The average molecular weight is 615 g/mol. The van der Waals surface area contributed by atoms with Crippen molar-refractivity contribution >= 4 is 20.2 Å². The maximum Gasteiger partial charge on any atom is 0.278 e. The Morgan fingerprint density at radius 1 is 0.976 bits per heavy atom. The van der Waals surface area contributed by atoms with Gasteiger partial charge in [0, 0.05) is 52.4 Å². The Labute approximate surface area is 248 Å². The van der Waals surface area contributed by atoms with E-state index in [9.17, 15) is 16.8 Å². The van der Waals surface area contributed by atoms with E-state index < -0.39 is 20.2 Å². The summed E-state index contributed by atoms with van der Waals surface area (Å²) in [4.78, 5) is 2.54. The third-order valence-electron chi connectivity index (χ3n) is 8.69. The normalized spacial score (nSPS) is 23.6. The second-order valence-corrected chi connectivity index (χ2v) is 15.8. The lowest BCUT2D eigenvalue weighted by atomic mass is 9.77. The van der Waals surface area contributed by atoms with Crippen molar-refractivity contribution in [3.05, 3.63) is 23.3 Å². The second-order valence-electron chi connectivity index (χ2n) is 11.8. The molecule has 10 nitrogen and oxygen atoms in total. The zero-order chi connectivity index (χ0) is 29.6. The molecule has 1 N–H and O–H groups in total. The maximum atomic E-state index is 13.6. The van der Waals surface area contributed by atoms with Gasteiger partial charge in [-0.2, -0.15) is 17.0 Å². The van der Waals surface area contributed by atoms with Gasteiger partial charge in [0.25, 0.3) is 10.2 Å². The predicted molar refractivity (Wildman–Crippen MR) is 162 cm³/mol. The Kier molecular flexibility index (Phi) is 11.4. The summed E-state index contributed by atoms with van der Waals surface area (Å²) in [5.74, 6) is 1.86. The van der Waals surface area contributed by atoms with Crippen LogP contribution in [0.4, 0.5) is 0 Å². The Bertz CT molecular complexity index is 1220. The van der Waals surface area contributed by atoms with Crippen molar-refractivity contribution in [1.82, 2.24) is 18.2 Å². The molecule has 0 saturated carbocycles. The number of unbranched alkanes of at least 4 members (excludes halogenated alkanes) is 2. The van der Waals surface area contributed by atoms with Gasteiger partial charge in [-0.15, -0.1) is 0 Å². The highest BCUT2D eigenvalue weighted by Gasteiger charge is 2.46. The minimum atomic E-state index is -3.57. The molecule has 0 unspecified atom stereocenters. The molecule has 234 valence electrons. The average Bonchev–Trinajstić information content (AvgIpc) is 2.94. The van der Waals surface area contributed by atoms with E-state index in [1.807, 2.05) is 0 Å². The first-order valence-electron chi connectivity index (χ1n) is 15.4. The third-order valence-corrected chi connectivity index (χ3v) is 12.2. The van der Waals surface area contributed by atoms with Crippen LogP contribution in [0.1, 0.15) is 82.4 Å². The lowest BCUT2D eigenvalue weighted by Gasteiger charge is -2.51. The van der Waals surface area contributed by atoms with Crippen LogP contribution >= 0.6 is 0 Å². The molecule has 2 saturated heterocycles. The molecule has 0 amide bonds. The molecule has 0 bridgehead atoms. The highest BCUT2D eigenvalue weighted by atomic mass is 32.2. The summed E-state index contributed by atoms with van der Waals surface area (Å²) in [6, 6.07) is 4.42. The van der Waals surface area contributed by atoms with Crippen molar-refractivity contribution in [1.29, 1.82) is 0 Å². The van der Waals surface area contributed by atoms with Gasteiger partial charge in [-0.3, -0.25) is 4.90 Å². The van der Waals surface area contributed by atoms with Crippen LogP contribution in [-0.2, 0) is 26.7 Å². The molecule has 0 aliphatic carbocycles. The predicted octanol–water partition coefficient (Wildman–Crippen LogP) is 3.54. The number of nitrogens with zero attached hydrogens (tertiary/aromatic N) is 3. The lowest BCUT2D eigenvalue weighted by molar-refractivity contribution is 0.0218. The van der Waals surface area contributed by atoms with Gasteiger partial charge in [0.05, 0.1) is 19.0 Å². The molecule has 12 heteroatoms. The molecule has 0 spiro atoms. The van der Waals surface area contributed by atoms with E-state index in [1.54, 1.807) is 4.31 Å². The first kappa shape index (κ1) is 32.5. The molecule has 1 aromatic rings. The Morgan fingerprint density at radius 2 is 1.66 bits per heavy atom. The summed E-state index contributed by atoms with van der Waals surface area (Å²) < 4.78 is 68.8. The standard InChI is InChI=1S/C29H50N4O6S2/c1-5-7-16-38-28-19-23-12-15-32-22-24-11-9-14-33(40(34,35)18-10-13-30-41(36,37)31(3)4)26(24)21-27(32)25(23)20-29(28)39-17-8-6-2/h19-20,24,26-27,30H,5-18,21-22H2,1-4H3/t24-,26+,27+/m1/s1. The van der Waals surface area contributed by atoms with Crippen LogP contribution in [0.25, 0.3) is 0 Å². The van der Waals surface area contributed by atoms with Gasteiger partial charge < -0.3 is 9.47 Å². The number of hydrogen-bond donors (Lipinski definition) is 1. The van der Waals surface area contributed by atoms with E-state index in [2.05, 4.69) is 35.6 Å². The van der Waals surface area contributed by atoms with E-state index >= 15 is 0 Å². The number of sulfonamides is 1. The second kappa shape index (κ2) is 14.4. The summed E-state index contributed by atoms with van der Waals surface area (Å²) in [5.41, 5.74) is 2.52. The molecular weight excluding hydrogens is 564 g/mol. The van der Waals surface area contributed by atoms with E-state index in [-0.39, 0.29) is 30.8 Å². The number of piperidine rings is 2. The fourth-order valence-corrected chi connectivity index (χ4v) is 8.82. The van der Waals surface area contributed by atoms with Crippen molar-refractivity contribution in [2.45, 2.75) is 83.7 Å². The number of fused-ring (bicyclic) bond motifs is 4. The van der Waals surface area contributed by atoms with Gasteiger partial charge in [0.2, 0.25) is 10.0 Å². The number of benzene rings is 1. The minimum absolute atomic E-state index is 0.0515. The molecule has 3 atom stereocenters. The van der Waals surface area contributed by atoms with E-state index in [0.717, 1.165) is 80.3 Å². The summed E-state index contributed by atoms with van der Waals surface area (Å²) in [5, 5.41) is 0. The van der Waals surface area contributed by atoms with Crippen LogP contribution in [0.5, 0.6) is 11.5 Å². The number of hydrogen-bond acceptors (Lipinski definition) is 7. The largest absolute Gasteiger partial charge is 0.490 e. The molecule has 0 aromatic heterocycles. The van der Waals surface area contributed by atoms with Gasteiger partial charge in [-0.25, -0.2) is 13.1 Å². The Balaban J connectivity index is 1.51. The van der Waals surface area contributed by atoms with Crippen LogP contribution < -0.4 is 14.2 Å². The minimum Gasteiger partial charge on any atom is -0.490 e. The first-order valence-corrected chi connectivity index (χ1v) is 18.4. The first-order chi connectivity index (χ1) is 19.6. The number of ether oxygens (including phenoxy) is 2. The van der Waals surface area contributed by atoms with Crippen molar-refractivity contribution in [3.63, 3.8) is 0 Å². The molecule has 3 heterocycles. The van der Waals surface area contributed by atoms with Gasteiger partial charge in [0.15, 0.2) is 11.5 Å². The summed E-state index contributed by atoms with van der Waals surface area (Å²) in [7, 11) is -4.20. The van der Waals surface area contributed by atoms with Gasteiger partial charge in [-0.05, 0) is 74.1 Å². The Hall–Kier alpha value is -1.44. The molecule has 3 aliphatic rings. The van der Waals surface area contributed by atoms with Crippen LogP contribution in [0.3, 0.4) is 0 Å². The van der Waals surface area contributed by atoms with E-state index in [0.29, 0.717) is 25.7 Å². The zero-order valence-corrected chi connectivity index (χ0v) is 26.9. The lowest BCUT2D eigenvalue weighted by Crippen LogP contribution is -2.57. The quantitative estimate of drug-likeness (QED) is 0.301. The maximum absolute atomic E-state index is 13.6. The molecule has 4 rings (SSSR count). The molecular formula is C29H50N4O6S2. The Morgan fingerprint density at radius 3 is 2.32 bits per heavy atom. The van der Waals surface area contributed by atoms with E-state index in [1.165, 1.54) is 25.2 Å². The highest BCUT2D eigenvalue weighted by Crippen LogP contribution is 2.46. The van der Waals surface area contributed by atoms with Crippen LogP contribution in [0.15, 0.2) is 12.1 Å². The molecule has 2 fully saturated rings. The zero-order valence-electron chi connectivity index (χ0n) is 25.3. The number of rotatable bonds is 15. The molecule has 3 aliphatic heterocycles. The van der Waals surface area contributed by atoms with Crippen molar-refractivity contribution in [2.75, 3.05) is 59.2 Å². The summed E-state index contributed by atoms with van der Waals surface area (Å²) in [6.07, 6.45) is 7.94. The van der Waals surface area contributed by atoms with Crippen LogP contribution in [0, 0.1) is 5.92 Å². The molecule has 0 radical (unpaired) electrons. The summed E-state index contributed by atoms with van der Waals surface area (Å²) >= 11 is 0. The third kappa shape index (κ3) is 7.94. The van der Waals surface area contributed by atoms with Crippen molar-refractivity contribution in [2.24, 2.45) is 5.92 Å². The number of nitrogens with one attached hydrogen (secondary N) is 1. The monoisotopic (exact) mass is 614 g/mol. The molecule has 1 aromatic carbocycles. The van der Waals surface area contributed by atoms with Crippen LogP contribution in [0.2, 0.25) is 0 Å². The van der Waals surface area contributed by atoms with Crippen molar-refractivity contribution < 1.29 is 26.3 Å². The van der Waals surface area contributed by atoms with Gasteiger partial charge in [-0.1, -0.05) is 26.7 Å².